The lowest BCUT2D eigenvalue weighted by atomic mass is 10.1. The van der Waals surface area contributed by atoms with Gasteiger partial charge in [-0.05, 0) is 35.0 Å². The zero-order valence-corrected chi connectivity index (χ0v) is 14.5. The smallest absolute Gasteiger partial charge is 0.243 e. The fourth-order valence-electron chi connectivity index (χ4n) is 2.45. The van der Waals surface area contributed by atoms with Crippen LogP contribution in [0.3, 0.4) is 0 Å². The van der Waals surface area contributed by atoms with Crippen LogP contribution < -0.4 is 5.32 Å². The normalized spacial score (nSPS) is 11.8. The van der Waals surface area contributed by atoms with Crippen LogP contribution in [-0.4, -0.2) is 32.2 Å². The number of carbonyl (C=O) groups excluding carboxylic acids is 1. The van der Waals surface area contributed by atoms with Gasteiger partial charge in [0.05, 0.1) is 24.2 Å². The Labute approximate surface area is 146 Å². The van der Waals surface area contributed by atoms with Gasteiger partial charge in [0.25, 0.3) is 0 Å². The molecule has 25 heavy (non-hydrogen) atoms. The summed E-state index contributed by atoms with van der Waals surface area (Å²) in [7, 11) is -2.36. The van der Waals surface area contributed by atoms with Crippen molar-refractivity contribution in [2.75, 3.05) is 13.6 Å². The highest BCUT2D eigenvalue weighted by Crippen LogP contribution is 2.21. The molecule has 0 radical (unpaired) electrons. The molecule has 6 nitrogen and oxygen atoms in total. The summed E-state index contributed by atoms with van der Waals surface area (Å²) in [6.45, 7) is -0.0500. The number of hydrogen-bond donors (Lipinski definition) is 1. The molecule has 0 saturated carbocycles. The molecule has 1 aromatic heterocycles. The molecule has 0 bridgehead atoms. The first kappa shape index (κ1) is 17.2. The molecule has 0 unspecified atom stereocenters. The van der Waals surface area contributed by atoms with E-state index in [4.69, 9.17) is 4.42 Å². The number of benzene rings is 2. The molecule has 1 N–H and O–H groups in total. The molecule has 2 aromatic carbocycles. The molecule has 0 saturated heterocycles. The van der Waals surface area contributed by atoms with Crippen molar-refractivity contribution in [2.45, 2.75) is 11.4 Å². The Hall–Kier alpha value is -2.64. The summed E-state index contributed by atoms with van der Waals surface area (Å²) in [5, 5.41) is 4.42. The first-order chi connectivity index (χ1) is 12.0. The number of rotatable bonds is 6. The van der Waals surface area contributed by atoms with Crippen LogP contribution in [-0.2, 0) is 21.4 Å². The van der Waals surface area contributed by atoms with E-state index in [1.54, 1.807) is 30.3 Å². The Bertz CT molecular complexity index is 981. The first-order valence-corrected chi connectivity index (χ1v) is 9.15. The van der Waals surface area contributed by atoms with E-state index in [1.165, 1.54) is 13.3 Å². The summed E-state index contributed by atoms with van der Waals surface area (Å²) in [5.41, 5.74) is 0. The molecule has 0 aliphatic rings. The minimum atomic E-state index is -3.75. The second kappa shape index (κ2) is 7.08. The van der Waals surface area contributed by atoms with Crippen LogP contribution in [0.5, 0.6) is 0 Å². The van der Waals surface area contributed by atoms with Gasteiger partial charge >= 0.3 is 0 Å². The topological polar surface area (TPSA) is 79.6 Å². The van der Waals surface area contributed by atoms with E-state index in [0.29, 0.717) is 5.76 Å². The Morgan fingerprint density at radius 1 is 1.08 bits per heavy atom. The van der Waals surface area contributed by atoms with E-state index in [2.05, 4.69) is 5.32 Å². The minimum absolute atomic E-state index is 0.160. The Kier molecular flexibility index (Phi) is 4.87. The predicted molar refractivity (Wildman–Crippen MR) is 94.3 cm³/mol. The average Bonchev–Trinajstić information content (AvgIpc) is 3.13. The van der Waals surface area contributed by atoms with E-state index < -0.39 is 15.9 Å². The average molecular weight is 358 g/mol. The Balaban J connectivity index is 1.70. The van der Waals surface area contributed by atoms with Crippen molar-refractivity contribution in [3.8, 4) is 0 Å². The van der Waals surface area contributed by atoms with Crippen LogP contribution in [0.2, 0.25) is 0 Å². The third-order valence-corrected chi connectivity index (χ3v) is 5.63. The van der Waals surface area contributed by atoms with Gasteiger partial charge in [0.1, 0.15) is 5.76 Å². The molecular weight excluding hydrogens is 340 g/mol. The molecule has 0 atom stereocenters. The van der Waals surface area contributed by atoms with Crippen molar-refractivity contribution in [3.63, 3.8) is 0 Å². The minimum Gasteiger partial charge on any atom is -0.467 e. The molecule has 0 aliphatic carbocycles. The third-order valence-electron chi connectivity index (χ3n) is 3.84. The van der Waals surface area contributed by atoms with Crippen LogP contribution in [0.25, 0.3) is 10.8 Å². The maximum absolute atomic E-state index is 12.7. The van der Waals surface area contributed by atoms with Gasteiger partial charge in [-0.15, -0.1) is 0 Å². The van der Waals surface area contributed by atoms with Gasteiger partial charge in [-0.3, -0.25) is 4.79 Å². The van der Waals surface area contributed by atoms with Crippen molar-refractivity contribution >= 4 is 26.7 Å². The monoisotopic (exact) mass is 358 g/mol. The predicted octanol–water partition coefficient (Wildman–Crippen LogP) is 2.37. The molecule has 1 heterocycles. The summed E-state index contributed by atoms with van der Waals surface area (Å²) in [6.07, 6.45) is 1.51. The van der Waals surface area contributed by atoms with Crippen LogP contribution in [0.1, 0.15) is 5.76 Å². The fraction of sp³-hybridized carbons (Fsp3) is 0.167. The molecule has 3 aromatic rings. The van der Waals surface area contributed by atoms with Gasteiger partial charge in [0.2, 0.25) is 15.9 Å². The third kappa shape index (κ3) is 3.89. The quantitative estimate of drug-likeness (QED) is 0.734. The van der Waals surface area contributed by atoms with Crippen molar-refractivity contribution < 1.29 is 17.6 Å². The summed E-state index contributed by atoms with van der Waals surface area (Å²) < 4.78 is 31.5. The van der Waals surface area contributed by atoms with Gasteiger partial charge in [0, 0.05) is 7.05 Å². The van der Waals surface area contributed by atoms with Crippen molar-refractivity contribution in [3.05, 3.63) is 66.6 Å². The highest BCUT2D eigenvalue weighted by molar-refractivity contribution is 7.89. The number of sulfonamides is 1. The summed E-state index contributed by atoms with van der Waals surface area (Å²) in [6, 6.07) is 15.9. The lowest BCUT2D eigenvalue weighted by Gasteiger charge is -2.17. The Morgan fingerprint density at radius 2 is 1.84 bits per heavy atom. The second-order valence-corrected chi connectivity index (χ2v) is 7.67. The molecule has 7 heteroatoms. The number of fused-ring (bicyclic) bond motifs is 1. The van der Waals surface area contributed by atoms with Gasteiger partial charge in [0.15, 0.2) is 0 Å². The van der Waals surface area contributed by atoms with E-state index in [0.717, 1.165) is 15.1 Å². The van der Waals surface area contributed by atoms with E-state index in [1.807, 2.05) is 24.3 Å². The highest BCUT2D eigenvalue weighted by Gasteiger charge is 2.23. The van der Waals surface area contributed by atoms with Gasteiger partial charge < -0.3 is 9.73 Å². The van der Waals surface area contributed by atoms with E-state index in [9.17, 15) is 13.2 Å². The van der Waals surface area contributed by atoms with Crippen molar-refractivity contribution in [1.29, 1.82) is 0 Å². The number of likely N-dealkylation sites (N-methyl/N-ethyl adjacent to an activating group) is 1. The molecule has 1 amide bonds. The maximum Gasteiger partial charge on any atom is 0.243 e. The number of hydrogen-bond acceptors (Lipinski definition) is 4. The number of amides is 1. The molecule has 130 valence electrons. The van der Waals surface area contributed by atoms with Crippen LogP contribution in [0, 0.1) is 0 Å². The van der Waals surface area contributed by atoms with Crippen LogP contribution in [0.15, 0.2) is 70.2 Å². The Morgan fingerprint density at radius 3 is 2.56 bits per heavy atom. The number of furan rings is 1. The number of nitrogens with zero attached hydrogens (tertiary/aromatic N) is 1. The SMILES string of the molecule is CN(CC(=O)NCc1ccco1)S(=O)(=O)c1ccc2ccccc2c1. The largest absolute Gasteiger partial charge is 0.467 e. The van der Waals surface area contributed by atoms with E-state index in [-0.39, 0.29) is 18.0 Å². The number of carbonyl (C=O) groups is 1. The van der Waals surface area contributed by atoms with Gasteiger partial charge in [-0.2, -0.15) is 4.31 Å². The van der Waals surface area contributed by atoms with Gasteiger partial charge in [-0.1, -0.05) is 30.3 Å². The summed E-state index contributed by atoms with van der Waals surface area (Å²) in [4.78, 5) is 12.1. The summed E-state index contributed by atoms with van der Waals surface area (Å²) in [5.74, 6) is 0.205. The van der Waals surface area contributed by atoms with Crippen molar-refractivity contribution in [2.24, 2.45) is 0 Å². The standard InChI is InChI=1S/C18H18N2O4S/c1-20(13-18(21)19-12-16-7-4-10-24-16)25(22,23)17-9-8-14-5-2-3-6-15(14)11-17/h2-11H,12-13H2,1H3,(H,19,21). The zero-order valence-electron chi connectivity index (χ0n) is 13.7. The first-order valence-electron chi connectivity index (χ1n) is 7.71. The fourth-order valence-corrected chi connectivity index (χ4v) is 3.61. The summed E-state index contributed by atoms with van der Waals surface area (Å²) >= 11 is 0. The molecular formula is C18H18N2O4S. The number of nitrogens with one attached hydrogen (secondary N) is 1. The molecule has 3 rings (SSSR count). The second-order valence-electron chi connectivity index (χ2n) is 5.63. The van der Waals surface area contributed by atoms with Crippen molar-refractivity contribution in [1.82, 2.24) is 9.62 Å². The lowest BCUT2D eigenvalue weighted by molar-refractivity contribution is -0.121. The highest BCUT2D eigenvalue weighted by atomic mass is 32.2. The molecule has 0 spiro atoms. The molecule has 0 aliphatic heterocycles. The maximum atomic E-state index is 12.7. The van der Waals surface area contributed by atoms with Crippen LogP contribution in [0.4, 0.5) is 0 Å². The van der Waals surface area contributed by atoms with Crippen LogP contribution >= 0.6 is 0 Å². The van der Waals surface area contributed by atoms with Gasteiger partial charge in [-0.25, -0.2) is 8.42 Å². The molecule has 0 fully saturated rings. The van der Waals surface area contributed by atoms with E-state index >= 15 is 0 Å². The lowest BCUT2D eigenvalue weighted by Crippen LogP contribution is -2.38. The zero-order chi connectivity index (χ0) is 17.9.